The molecule has 0 radical (unpaired) electrons. The van der Waals surface area contributed by atoms with Crippen LogP contribution in [-0.4, -0.2) is 45.0 Å². The lowest BCUT2D eigenvalue weighted by atomic mass is 9.96. The van der Waals surface area contributed by atoms with Crippen LogP contribution in [0.1, 0.15) is 37.7 Å². The van der Waals surface area contributed by atoms with Gasteiger partial charge in [0, 0.05) is 41.4 Å². The van der Waals surface area contributed by atoms with E-state index >= 15 is 0 Å². The van der Waals surface area contributed by atoms with Crippen molar-refractivity contribution >= 4 is 44.1 Å². The Bertz CT molecular complexity index is 1330. The molecule has 1 fully saturated rings. The molecule has 10 heteroatoms. The fraction of sp³-hybridized carbons (Fsp3) is 0.385. The van der Waals surface area contributed by atoms with Gasteiger partial charge < -0.3 is 15.4 Å². The number of aryl methyl sites for hydroxylation is 1. The summed E-state index contributed by atoms with van der Waals surface area (Å²) in [5, 5.41) is 7.68. The molecule has 8 nitrogen and oxygen atoms in total. The van der Waals surface area contributed by atoms with Gasteiger partial charge in [0.2, 0.25) is 10.0 Å². The van der Waals surface area contributed by atoms with Gasteiger partial charge in [-0.05, 0) is 67.8 Å². The van der Waals surface area contributed by atoms with Crippen LogP contribution in [0.25, 0.3) is 10.9 Å². The maximum absolute atomic E-state index is 12.7. The van der Waals surface area contributed by atoms with E-state index in [0.29, 0.717) is 29.4 Å². The van der Waals surface area contributed by atoms with Crippen molar-refractivity contribution in [1.29, 1.82) is 0 Å². The number of fused-ring (bicyclic) bond motifs is 1. The third kappa shape index (κ3) is 6.87. The third-order valence-electron chi connectivity index (χ3n) is 6.21. The van der Waals surface area contributed by atoms with Crippen LogP contribution >= 0.6 is 11.6 Å². The SMILES string of the molecule is Cc1cc(S(=O)(=O)NC2CCCCC2)ccc1OCC(=O)NCCNc1ccnc2cc(Cl)ccc12. The van der Waals surface area contributed by atoms with Crippen molar-refractivity contribution in [1.82, 2.24) is 15.0 Å². The highest BCUT2D eigenvalue weighted by Crippen LogP contribution is 2.25. The normalized spacial score (nSPS) is 14.5. The average molecular weight is 531 g/mol. The Kier molecular flexibility index (Phi) is 8.66. The van der Waals surface area contributed by atoms with Crippen molar-refractivity contribution < 1.29 is 17.9 Å². The highest BCUT2D eigenvalue weighted by molar-refractivity contribution is 7.89. The van der Waals surface area contributed by atoms with Crippen LogP contribution in [0.2, 0.25) is 5.02 Å². The van der Waals surface area contributed by atoms with Gasteiger partial charge in [0.05, 0.1) is 10.4 Å². The molecule has 3 N–H and O–H groups in total. The number of carbonyl (C=O) groups is 1. The molecule has 4 rings (SSSR count). The number of amides is 1. The van der Waals surface area contributed by atoms with Gasteiger partial charge >= 0.3 is 0 Å². The summed E-state index contributed by atoms with van der Waals surface area (Å²) in [6, 6.07) is 12.1. The lowest BCUT2D eigenvalue weighted by molar-refractivity contribution is -0.123. The Morgan fingerprint density at radius 3 is 2.67 bits per heavy atom. The summed E-state index contributed by atoms with van der Waals surface area (Å²) in [5.41, 5.74) is 2.36. The van der Waals surface area contributed by atoms with Crippen molar-refractivity contribution in [3.8, 4) is 5.75 Å². The second kappa shape index (κ2) is 11.9. The number of benzene rings is 2. The van der Waals surface area contributed by atoms with E-state index in [0.717, 1.165) is 48.7 Å². The zero-order valence-electron chi connectivity index (χ0n) is 20.2. The van der Waals surface area contributed by atoms with E-state index in [2.05, 4.69) is 20.3 Å². The molecule has 2 aromatic carbocycles. The van der Waals surface area contributed by atoms with Gasteiger partial charge in [-0.15, -0.1) is 0 Å². The van der Waals surface area contributed by atoms with Crippen LogP contribution in [-0.2, 0) is 14.8 Å². The number of ether oxygens (including phenoxy) is 1. The first-order valence-corrected chi connectivity index (χ1v) is 14.0. The van der Waals surface area contributed by atoms with Crippen LogP contribution < -0.4 is 20.1 Å². The maximum atomic E-state index is 12.7. The smallest absolute Gasteiger partial charge is 0.258 e. The quantitative estimate of drug-likeness (QED) is 0.335. The lowest BCUT2D eigenvalue weighted by Gasteiger charge is -2.22. The van der Waals surface area contributed by atoms with Crippen LogP contribution in [0.3, 0.4) is 0 Å². The molecule has 1 aliphatic rings. The second-order valence-electron chi connectivity index (χ2n) is 8.97. The number of halogens is 1. The molecule has 36 heavy (non-hydrogen) atoms. The van der Waals surface area contributed by atoms with E-state index in [-0.39, 0.29) is 23.5 Å². The minimum Gasteiger partial charge on any atom is -0.484 e. The first-order valence-electron chi connectivity index (χ1n) is 12.1. The molecule has 1 heterocycles. The minimum absolute atomic E-state index is 0.00561. The van der Waals surface area contributed by atoms with E-state index in [1.165, 1.54) is 6.07 Å². The van der Waals surface area contributed by atoms with Gasteiger partial charge in [-0.25, -0.2) is 13.1 Å². The molecule has 1 aliphatic carbocycles. The molecule has 0 atom stereocenters. The van der Waals surface area contributed by atoms with E-state index in [4.69, 9.17) is 16.3 Å². The molecular formula is C26H31ClN4O4S. The molecule has 192 valence electrons. The summed E-state index contributed by atoms with van der Waals surface area (Å²) in [7, 11) is -3.59. The van der Waals surface area contributed by atoms with Crippen LogP contribution in [0.15, 0.2) is 53.6 Å². The van der Waals surface area contributed by atoms with Crippen LogP contribution in [0.5, 0.6) is 5.75 Å². The van der Waals surface area contributed by atoms with Gasteiger partial charge in [0.1, 0.15) is 5.75 Å². The predicted octanol–water partition coefficient (Wildman–Crippen LogP) is 4.41. The first-order chi connectivity index (χ1) is 17.3. The number of aromatic nitrogens is 1. The molecule has 0 unspecified atom stereocenters. The first kappa shape index (κ1) is 26.2. The van der Waals surface area contributed by atoms with Crippen LogP contribution in [0.4, 0.5) is 5.69 Å². The summed E-state index contributed by atoms with van der Waals surface area (Å²) < 4.78 is 33.9. The summed E-state index contributed by atoms with van der Waals surface area (Å²) in [6.07, 6.45) is 6.71. The summed E-state index contributed by atoms with van der Waals surface area (Å²) in [4.78, 5) is 16.8. The highest BCUT2D eigenvalue weighted by atomic mass is 35.5. The number of hydrogen-bond acceptors (Lipinski definition) is 6. The summed E-state index contributed by atoms with van der Waals surface area (Å²) >= 11 is 6.03. The number of sulfonamides is 1. The number of nitrogens with one attached hydrogen (secondary N) is 3. The largest absolute Gasteiger partial charge is 0.484 e. The summed E-state index contributed by atoms with van der Waals surface area (Å²) in [6.45, 7) is 2.53. The molecule has 1 saturated carbocycles. The molecule has 0 spiro atoms. The van der Waals surface area contributed by atoms with Gasteiger partial charge in [-0.1, -0.05) is 30.9 Å². The Hall–Kier alpha value is -2.88. The molecule has 0 aliphatic heterocycles. The highest BCUT2D eigenvalue weighted by Gasteiger charge is 2.22. The van der Waals surface area contributed by atoms with E-state index < -0.39 is 10.0 Å². The fourth-order valence-electron chi connectivity index (χ4n) is 4.33. The van der Waals surface area contributed by atoms with E-state index in [1.807, 2.05) is 18.2 Å². The average Bonchev–Trinajstić information content (AvgIpc) is 2.86. The number of hydrogen-bond donors (Lipinski definition) is 3. The number of carbonyl (C=O) groups excluding carboxylic acids is 1. The molecule has 1 amide bonds. The van der Waals surface area contributed by atoms with Gasteiger partial charge in [-0.2, -0.15) is 0 Å². The Balaban J connectivity index is 1.23. The maximum Gasteiger partial charge on any atom is 0.258 e. The topological polar surface area (TPSA) is 109 Å². The van der Waals surface area contributed by atoms with Gasteiger partial charge in [0.15, 0.2) is 6.61 Å². The van der Waals surface area contributed by atoms with Crippen molar-refractivity contribution in [2.24, 2.45) is 0 Å². The van der Waals surface area contributed by atoms with Crippen molar-refractivity contribution in [3.63, 3.8) is 0 Å². The Labute approximate surface area is 216 Å². The second-order valence-corrected chi connectivity index (χ2v) is 11.1. The Morgan fingerprint density at radius 1 is 1.08 bits per heavy atom. The predicted molar refractivity (Wildman–Crippen MR) is 142 cm³/mol. The zero-order valence-corrected chi connectivity index (χ0v) is 21.8. The zero-order chi connectivity index (χ0) is 25.5. The van der Waals surface area contributed by atoms with Crippen LogP contribution in [0, 0.1) is 6.92 Å². The third-order valence-corrected chi connectivity index (χ3v) is 7.96. The van der Waals surface area contributed by atoms with Gasteiger partial charge in [-0.3, -0.25) is 9.78 Å². The number of anilines is 1. The molecule has 3 aromatic rings. The summed E-state index contributed by atoms with van der Waals surface area (Å²) in [5.74, 6) is 0.208. The minimum atomic E-state index is -3.59. The van der Waals surface area contributed by atoms with Gasteiger partial charge in [0.25, 0.3) is 5.91 Å². The molecule has 0 saturated heterocycles. The fourth-order valence-corrected chi connectivity index (χ4v) is 5.88. The monoisotopic (exact) mass is 530 g/mol. The Morgan fingerprint density at radius 2 is 1.89 bits per heavy atom. The van der Waals surface area contributed by atoms with E-state index in [1.54, 1.807) is 31.3 Å². The van der Waals surface area contributed by atoms with Crippen molar-refractivity contribution in [2.45, 2.75) is 50.0 Å². The lowest BCUT2D eigenvalue weighted by Crippen LogP contribution is -2.36. The molecule has 1 aromatic heterocycles. The standard InChI is InChI=1S/C26H31ClN4O4S/c1-18-15-21(36(33,34)31-20-5-3-2-4-6-20)8-10-25(18)35-17-26(32)30-14-13-29-23-11-12-28-24-16-19(27)7-9-22(23)24/h7-12,15-16,20,31H,2-6,13-14,17H2,1H3,(H,28,29)(H,30,32). The van der Waals surface area contributed by atoms with Crippen molar-refractivity contribution in [2.75, 3.05) is 25.0 Å². The van der Waals surface area contributed by atoms with Crippen molar-refractivity contribution in [3.05, 3.63) is 59.2 Å². The molecule has 0 bridgehead atoms. The number of rotatable bonds is 10. The number of pyridine rings is 1. The van der Waals surface area contributed by atoms with E-state index in [9.17, 15) is 13.2 Å². The number of nitrogens with zero attached hydrogens (tertiary/aromatic N) is 1. The molecular weight excluding hydrogens is 500 g/mol.